The van der Waals surface area contributed by atoms with Crippen LogP contribution in [-0.2, 0) is 0 Å². The van der Waals surface area contributed by atoms with E-state index in [1.165, 1.54) is 13.1 Å². The molecule has 0 radical (unpaired) electrons. The van der Waals surface area contributed by atoms with Crippen LogP contribution in [0.5, 0.6) is 0 Å². The summed E-state index contributed by atoms with van der Waals surface area (Å²) in [5.41, 5.74) is 5.87. The Kier molecular flexibility index (Phi) is 2.89. The molecular weight excluding hydrogens is 246 g/mol. The summed E-state index contributed by atoms with van der Waals surface area (Å²) in [7, 11) is 1.47. The van der Waals surface area contributed by atoms with Crippen LogP contribution in [0.15, 0.2) is 27.6 Å². The topological polar surface area (TPSA) is 51.5 Å². The summed E-state index contributed by atoms with van der Waals surface area (Å²) < 4.78 is 31.7. The van der Waals surface area contributed by atoms with Crippen molar-refractivity contribution in [1.82, 2.24) is 0 Å². The first kappa shape index (κ1) is 11.7. The van der Waals surface area contributed by atoms with E-state index < -0.39 is 11.6 Å². The molecule has 17 heavy (non-hydrogen) atoms. The molecule has 2 aromatic rings. The number of thiocarbonyl (C=S) groups is 1. The molecule has 6 heteroatoms. The monoisotopic (exact) mass is 254 g/mol. The lowest BCUT2D eigenvalue weighted by molar-refractivity contribution is 0.503. The zero-order valence-corrected chi connectivity index (χ0v) is 9.65. The first-order chi connectivity index (χ1) is 8.02. The van der Waals surface area contributed by atoms with Gasteiger partial charge in [0.05, 0.1) is 5.56 Å². The normalized spacial score (nSPS) is 12.1. The van der Waals surface area contributed by atoms with E-state index in [1.54, 1.807) is 0 Å². The fraction of sp³-hybridized carbons (Fsp3) is 0.0909. The predicted octanol–water partition coefficient (Wildman–Crippen LogP) is 1.88. The summed E-state index contributed by atoms with van der Waals surface area (Å²) >= 11 is 4.81. The van der Waals surface area contributed by atoms with Crippen molar-refractivity contribution in [2.75, 3.05) is 7.05 Å². The van der Waals surface area contributed by atoms with Crippen LogP contribution in [0, 0.1) is 11.6 Å². The van der Waals surface area contributed by atoms with Crippen molar-refractivity contribution in [3.05, 3.63) is 41.0 Å². The highest BCUT2D eigenvalue weighted by molar-refractivity contribution is 7.80. The molecule has 0 unspecified atom stereocenters. The molecule has 0 spiro atoms. The Morgan fingerprint density at radius 1 is 1.35 bits per heavy atom. The molecule has 1 aromatic carbocycles. The van der Waals surface area contributed by atoms with Crippen molar-refractivity contribution in [2.45, 2.75) is 0 Å². The van der Waals surface area contributed by atoms with Crippen LogP contribution in [0.4, 0.5) is 8.78 Å². The summed E-state index contributed by atoms with van der Waals surface area (Å²) in [4.78, 5) is 3.87. The zero-order valence-electron chi connectivity index (χ0n) is 8.83. The van der Waals surface area contributed by atoms with E-state index >= 15 is 0 Å². The van der Waals surface area contributed by atoms with Crippen molar-refractivity contribution in [2.24, 2.45) is 10.7 Å². The van der Waals surface area contributed by atoms with Gasteiger partial charge in [-0.05, 0) is 12.1 Å². The number of fused-ring (bicyclic) bond motifs is 1. The van der Waals surface area contributed by atoms with Crippen LogP contribution in [0.2, 0.25) is 0 Å². The van der Waals surface area contributed by atoms with Crippen LogP contribution >= 0.6 is 12.2 Å². The number of halogens is 2. The van der Waals surface area contributed by atoms with Crippen molar-refractivity contribution < 1.29 is 13.2 Å². The second-order valence-electron chi connectivity index (χ2n) is 3.36. The van der Waals surface area contributed by atoms with Gasteiger partial charge in [0.1, 0.15) is 10.8 Å². The fourth-order valence-electron chi connectivity index (χ4n) is 1.51. The van der Waals surface area contributed by atoms with E-state index in [9.17, 15) is 8.78 Å². The van der Waals surface area contributed by atoms with Crippen LogP contribution in [0.1, 0.15) is 5.56 Å². The van der Waals surface area contributed by atoms with E-state index in [1.807, 2.05) is 0 Å². The molecule has 0 aliphatic heterocycles. The molecule has 0 fully saturated rings. The minimum atomic E-state index is -0.792. The zero-order chi connectivity index (χ0) is 12.6. The fourth-order valence-corrected chi connectivity index (χ4v) is 1.65. The van der Waals surface area contributed by atoms with E-state index in [0.717, 1.165) is 12.1 Å². The lowest BCUT2D eigenvalue weighted by Crippen LogP contribution is -2.20. The number of nitrogens with two attached hydrogens (primary N) is 1. The van der Waals surface area contributed by atoms with Gasteiger partial charge in [0.25, 0.3) is 0 Å². The number of nitrogens with zero attached hydrogens (tertiary/aromatic N) is 1. The van der Waals surface area contributed by atoms with E-state index in [2.05, 4.69) is 4.99 Å². The SMILES string of the molecule is C/N=c1/oc2c(F)cc(F)cc2cc1C(N)=S. The summed E-state index contributed by atoms with van der Waals surface area (Å²) in [6.45, 7) is 0. The van der Waals surface area contributed by atoms with Gasteiger partial charge in [-0.2, -0.15) is 0 Å². The minimum absolute atomic E-state index is 0.0564. The predicted molar refractivity (Wildman–Crippen MR) is 63.5 cm³/mol. The van der Waals surface area contributed by atoms with Crippen molar-refractivity contribution in [1.29, 1.82) is 0 Å². The Morgan fingerprint density at radius 3 is 2.65 bits per heavy atom. The number of rotatable bonds is 1. The first-order valence-corrected chi connectivity index (χ1v) is 5.09. The number of hydrogen-bond donors (Lipinski definition) is 1. The molecule has 0 saturated heterocycles. The average Bonchev–Trinajstić information content (AvgIpc) is 2.27. The highest BCUT2D eigenvalue weighted by Crippen LogP contribution is 2.19. The Balaban J connectivity index is 2.93. The van der Waals surface area contributed by atoms with Crippen LogP contribution in [-0.4, -0.2) is 12.0 Å². The Morgan fingerprint density at radius 2 is 2.06 bits per heavy atom. The van der Waals surface area contributed by atoms with Crippen LogP contribution in [0.3, 0.4) is 0 Å². The van der Waals surface area contributed by atoms with Gasteiger partial charge >= 0.3 is 0 Å². The van der Waals surface area contributed by atoms with Crippen molar-refractivity contribution in [3.63, 3.8) is 0 Å². The number of hydrogen-bond acceptors (Lipinski definition) is 3. The second kappa shape index (κ2) is 4.21. The van der Waals surface area contributed by atoms with Crippen LogP contribution < -0.4 is 11.3 Å². The smallest absolute Gasteiger partial charge is 0.224 e. The van der Waals surface area contributed by atoms with Gasteiger partial charge in [-0.3, -0.25) is 4.99 Å². The molecule has 0 atom stereocenters. The maximum Gasteiger partial charge on any atom is 0.224 e. The Bertz CT molecular complexity index is 679. The minimum Gasteiger partial charge on any atom is -0.435 e. The molecule has 1 aromatic heterocycles. The molecule has 0 aliphatic rings. The lowest BCUT2D eigenvalue weighted by atomic mass is 10.1. The maximum atomic E-state index is 13.5. The molecular formula is C11H8F2N2OS. The lowest BCUT2D eigenvalue weighted by Gasteiger charge is -2.03. The molecule has 2 rings (SSSR count). The maximum absolute atomic E-state index is 13.5. The molecule has 0 saturated carbocycles. The average molecular weight is 254 g/mol. The standard InChI is InChI=1S/C11H8F2N2OS/c1-15-11-7(10(14)17)3-5-2-6(12)4-8(13)9(5)16-11/h2-4H,1H3,(H2,14,17)/b15-11+. The van der Waals surface area contributed by atoms with Gasteiger partial charge in [0, 0.05) is 18.5 Å². The first-order valence-electron chi connectivity index (χ1n) is 4.68. The summed E-state index contributed by atoms with van der Waals surface area (Å²) in [6.07, 6.45) is 0. The van der Waals surface area contributed by atoms with Gasteiger partial charge in [0.2, 0.25) is 5.55 Å². The third kappa shape index (κ3) is 2.03. The Labute approximate surface area is 101 Å². The van der Waals surface area contributed by atoms with Gasteiger partial charge in [-0.15, -0.1) is 0 Å². The van der Waals surface area contributed by atoms with E-state index in [4.69, 9.17) is 22.4 Å². The van der Waals surface area contributed by atoms with Gasteiger partial charge in [-0.1, -0.05) is 12.2 Å². The molecule has 1 heterocycles. The van der Waals surface area contributed by atoms with E-state index in [0.29, 0.717) is 5.56 Å². The molecule has 3 nitrogen and oxygen atoms in total. The molecule has 88 valence electrons. The highest BCUT2D eigenvalue weighted by Gasteiger charge is 2.11. The number of benzene rings is 1. The van der Waals surface area contributed by atoms with Crippen molar-refractivity contribution in [3.8, 4) is 0 Å². The third-order valence-electron chi connectivity index (χ3n) is 2.23. The molecule has 0 bridgehead atoms. The molecule has 0 amide bonds. The van der Waals surface area contributed by atoms with Crippen molar-refractivity contribution >= 4 is 28.2 Å². The second-order valence-corrected chi connectivity index (χ2v) is 3.80. The summed E-state index contributed by atoms with van der Waals surface area (Å²) in [5, 5.41) is 0.248. The van der Waals surface area contributed by atoms with Gasteiger partial charge in [0.15, 0.2) is 11.4 Å². The quantitative estimate of drug-likeness (QED) is 0.790. The molecule has 2 N–H and O–H groups in total. The summed E-state index contributed by atoms with van der Waals surface area (Å²) in [6, 6.07) is 3.34. The largest absolute Gasteiger partial charge is 0.435 e. The Hall–Kier alpha value is -1.82. The van der Waals surface area contributed by atoms with Crippen LogP contribution in [0.25, 0.3) is 11.0 Å². The highest BCUT2D eigenvalue weighted by atomic mass is 32.1. The molecule has 0 aliphatic carbocycles. The van der Waals surface area contributed by atoms with Gasteiger partial charge in [-0.25, -0.2) is 8.78 Å². The van der Waals surface area contributed by atoms with E-state index in [-0.39, 0.29) is 21.5 Å². The summed E-state index contributed by atoms with van der Waals surface area (Å²) in [5.74, 6) is -1.49. The van der Waals surface area contributed by atoms with Gasteiger partial charge < -0.3 is 10.2 Å². The third-order valence-corrected chi connectivity index (χ3v) is 2.45.